The van der Waals surface area contributed by atoms with Crippen molar-refractivity contribution in [2.45, 2.75) is 26.7 Å². The summed E-state index contributed by atoms with van der Waals surface area (Å²) in [6.45, 7) is 4.10. The lowest BCUT2D eigenvalue weighted by Gasteiger charge is -2.29. The highest BCUT2D eigenvalue weighted by atomic mass is 32.1. The van der Waals surface area contributed by atoms with Gasteiger partial charge in [0.15, 0.2) is 5.78 Å². The van der Waals surface area contributed by atoms with Crippen LogP contribution in [0.15, 0.2) is 58.6 Å². The first-order chi connectivity index (χ1) is 12.4. The van der Waals surface area contributed by atoms with Gasteiger partial charge >= 0.3 is 0 Å². The second-order valence-corrected chi connectivity index (χ2v) is 8.24. The average Bonchev–Trinajstić information content (AvgIpc) is 3.01. The zero-order valence-electron chi connectivity index (χ0n) is 14.7. The van der Waals surface area contributed by atoms with Gasteiger partial charge in [-0.2, -0.15) is 0 Å². The van der Waals surface area contributed by atoms with Crippen LogP contribution in [0.3, 0.4) is 0 Å². The van der Waals surface area contributed by atoms with Crippen LogP contribution in [0.4, 0.5) is 0 Å². The number of carbonyl (C=O) groups excluding carboxylic acids is 1. The number of hydrogen-bond acceptors (Lipinski definition) is 5. The molecule has 0 atom stereocenters. The Morgan fingerprint density at radius 2 is 1.92 bits per heavy atom. The van der Waals surface area contributed by atoms with Crippen molar-refractivity contribution >= 4 is 27.3 Å². The summed E-state index contributed by atoms with van der Waals surface area (Å²) in [6.07, 6.45) is 4.31. The standard InChI is InChI=1S/C20H19N3O2S/c1-20(2)9-14(8-15(24)10-20)22-23-12-21-18-17(19(23)25)16(11-26-18)13-6-4-3-5-7-13/h3-8,11-12,22H,9-10H2,1-2H3. The van der Waals surface area contributed by atoms with Gasteiger partial charge in [-0.15, -0.1) is 11.3 Å². The molecule has 3 aromatic rings. The SMILES string of the molecule is CC1(C)CC(=O)C=C(Nn2cnc3scc(-c4ccccc4)c3c2=O)C1. The number of thiophene rings is 1. The second-order valence-electron chi connectivity index (χ2n) is 7.38. The number of benzene rings is 1. The van der Waals surface area contributed by atoms with E-state index in [9.17, 15) is 9.59 Å². The summed E-state index contributed by atoms with van der Waals surface area (Å²) in [5.41, 5.74) is 5.42. The maximum Gasteiger partial charge on any atom is 0.281 e. The van der Waals surface area contributed by atoms with Gasteiger partial charge in [0.2, 0.25) is 0 Å². The van der Waals surface area contributed by atoms with Crippen LogP contribution >= 0.6 is 11.3 Å². The number of aromatic nitrogens is 2. The number of nitrogens with one attached hydrogen (secondary N) is 1. The third-order valence-electron chi connectivity index (χ3n) is 4.50. The Kier molecular flexibility index (Phi) is 4.00. The lowest BCUT2D eigenvalue weighted by molar-refractivity contribution is -0.117. The molecular formula is C20H19N3O2S. The van der Waals surface area contributed by atoms with Gasteiger partial charge in [-0.3, -0.25) is 15.0 Å². The maximum absolute atomic E-state index is 13.1. The molecule has 6 heteroatoms. The molecule has 0 saturated carbocycles. The first kappa shape index (κ1) is 16.7. The van der Waals surface area contributed by atoms with E-state index in [1.807, 2.05) is 35.7 Å². The Balaban J connectivity index is 1.77. The number of ketones is 1. The van der Waals surface area contributed by atoms with E-state index >= 15 is 0 Å². The summed E-state index contributed by atoms with van der Waals surface area (Å²) in [4.78, 5) is 30.1. The van der Waals surface area contributed by atoms with E-state index < -0.39 is 0 Å². The van der Waals surface area contributed by atoms with Crippen LogP contribution < -0.4 is 11.0 Å². The van der Waals surface area contributed by atoms with Gasteiger partial charge in [-0.05, 0) is 17.4 Å². The zero-order valence-corrected chi connectivity index (χ0v) is 15.5. The lowest BCUT2D eigenvalue weighted by atomic mass is 9.79. The van der Waals surface area contributed by atoms with Gasteiger partial charge in [0.25, 0.3) is 5.56 Å². The minimum atomic E-state index is -0.160. The molecule has 0 unspecified atom stereocenters. The number of hydrogen-bond donors (Lipinski definition) is 1. The molecule has 0 amide bonds. The molecule has 5 nitrogen and oxygen atoms in total. The van der Waals surface area contributed by atoms with Crippen molar-refractivity contribution < 1.29 is 4.79 Å². The molecule has 1 aromatic carbocycles. The van der Waals surface area contributed by atoms with E-state index in [-0.39, 0.29) is 16.8 Å². The summed E-state index contributed by atoms with van der Waals surface area (Å²) in [5.74, 6) is 0.0753. The molecule has 0 fully saturated rings. The second kappa shape index (κ2) is 6.21. The molecule has 0 spiro atoms. The van der Waals surface area contributed by atoms with Crippen LogP contribution in [0, 0.1) is 5.41 Å². The Hall–Kier alpha value is -2.73. The molecule has 0 saturated heterocycles. The summed E-state index contributed by atoms with van der Waals surface area (Å²) in [7, 11) is 0. The molecule has 1 aliphatic carbocycles. The Labute approximate surface area is 155 Å². The normalized spacial score (nSPS) is 16.5. The number of allylic oxidation sites excluding steroid dienone is 2. The van der Waals surface area contributed by atoms with Gasteiger partial charge in [0.05, 0.1) is 5.39 Å². The van der Waals surface area contributed by atoms with Crippen LogP contribution in [0.2, 0.25) is 0 Å². The third kappa shape index (κ3) is 3.08. The van der Waals surface area contributed by atoms with E-state index in [0.717, 1.165) is 16.8 Å². The van der Waals surface area contributed by atoms with E-state index in [1.165, 1.54) is 22.3 Å². The molecule has 2 heterocycles. The number of nitrogens with zero attached hydrogens (tertiary/aromatic N) is 2. The fraction of sp³-hybridized carbons (Fsp3) is 0.250. The summed E-state index contributed by atoms with van der Waals surface area (Å²) in [5, 5.41) is 2.56. The van der Waals surface area contributed by atoms with Crippen molar-refractivity contribution in [1.29, 1.82) is 0 Å². The quantitative estimate of drug-likeness (QED) is 0.763. The monoisotopic (exact) mass is 365 g/mol. The number of rotatable bonds is 3. The van der Waals surface area contributed by atoms with Crippen molar-refractivity contribution in [1.82, 2.24) is 9.66 Å². The van der Waals surface area contributed by atoms with Crippen molar-refractivity contribution in [2.75, 3.05) is 5.43 Å². The fourth-order valence-electron chi connectivity index (χ4n) is 3.41. The van der Waals surface area contributed by atoms with E-state index in [2.05, 4.69) is 24.3 Å². The molecule has 132 valence electrons. The predicted octanol–water partition coefficient (Wildman–Crippen LogP) is 3.94. The van der Waals surface area contributed by atoms with Crippen molar-refractivity contribution in [3.8, 4) is 11.1 Å². The minimum absolute atomic E-state index is 0.0753. The number of fused-ring (bicyclic) bond motifs is 1. The molecular weight excluding hydrogens is 346 g/mol. The highest BCUT2D eigenvalue weighted by Gasteiger charge is 2.28. The fourth-order valence-corrected chi connectivity index (χ4v) is 4.32. The number of carbonyl (C=O) groups is 1. The van der Waals surface area contributed by atoms with E-state index in [1.54, 1.807) is 6.08 Å². The van der Waals surface area contributed by atoms with Gasteiger partial charge < -0.3 is 0 Å². The molecule has 0 bridgehead atoms. The Morgan fingerprint density at radius 3 is 2.65 bits per heavy atom. The molecule has 0 radical (unpaired) electrons. The van der Waals surface area contributed by atoms with Crippen molar-refractivity contribution in [2.24, 2.45) is 5.41 Å². The van der Waals surface area contributed by atoms with Crippen molar-refractivity contribution in [3.05, 3.63) is 64.2 Å². The summed E-state index contributed by atoms with van der Waals surface area (Å²) in [6, 6.07) is 9.82. The largest absolute Gasteiger partial charge is 0.295 e. The Morgan fingerprint density at radius 1 is 1.15 bits per heavy atom. The van der Waals surface area contributed by atoms with Gasteiger partial charge in [-0.1, -0.05) is 44.2 Å². The first-order valence-corrected chi connectivity index (χ1v) is 9.36. The smallest absolute Gasteiger partial charge is 0.281 e. The lowest BCUT2D eigenvalue weighted by Crippen LogP contribution is -2.33. The summed E-state index contributed by atoms with van der Waals surface area (Å²) >= 11 is 1.46. The van der Waals surface area contributed by atoms with Gasteiger partial charge in [0, 0.05) is 29.1 Å². The van der Waals surface area contributed by atoms with Crippen LogP contribution in [0.5, 0.6) is 0 Å². The third-order valence-corrected chi connectivity index (χ3v) is 5.39. The van der Waals surface area contributed by atoms with Crippen LogP contribution in [-0.4, -0.2) is 15.4 Å². The van der Waals surface area contributed by atoms with E-state index in [0.29, 0.717) is 23.1 Å². The van der Waals surface area contributed by atoms with Gasteiger partial charge in [-0.25, -0.2) is 9.66 Å². The molecule has 0 aliphatic heterocycles. The van der Waals surface area contributed by atoms with E-state index in [4.69, 9.17) is 0 Å². The maximum atomic E-state index is 13.1. The predicted molar refractivity (Wildman–Crippen MR) is 105 cm³/mol. The van der Waals surface area contributed by atoms with Crippen LogP contribution in [0.1, 0.15) is 26.7 Å². The highest BCUT2D eigenvalue weighted by Crippen LogP contribution is 2.33. The summed E-state index contributed by atoms with van der Waals surface area (Å²) < 4.78 is 1.38. The van der Waals surface area contributed by atoms with Crippen LogP contribution in [-0.2, 0) is 4.79 Å². The molecule has 4 rings (SSSR count). The zero-order chi connectivity index (χ0) is 18.3. The molecule has 1 aliphatic rings. The van der Waals surface area contributed by atoms with Crippen LogP contribution in [0.25, 0.3) is 21.3 Å². The average molecular weight is 365 g/mol. The van der Waals surface area contributed by atoms with Gasteiger partial charge in [0.1, 0.15) is 11.2 Å². The molecule has 1 N–H and O–H groups in total. The minimum Gasteiger partial charge on any atom is -0.295 e. The molecule has 26 heavy (non-hydrogen) atoms. The Bertz CT molecular complexity index is 1080. The first-order valence-electron chi connectivity index (χ1n) is 8.48. The highest BCUT2D eigenvalue weighted by molar-refractivity contribution is 7.17. The molecule has 2 aromatic heterocycles. The van der Waals surface area contributed by atoms with Crippen molar-refractivity contribution in [3.63, 3.8) is 0 Å². The topological polar surface area (TPSA) is 64.0 Å².